The van der Waals surface area contributed by atoms with Crippen molar-refractivity contribution in [2.24, 2.45) is 0 Å². The second-order valence-corrected chi connectivity index (χ2v) is 4.45. The highest BCUT2D eigenvalue weighted by atomic mass is 32.1. The van der Waals surface area contributed by atoms with Gasteiger partial charge in [-0.05, 0) is 11.4 Å². The Bertz CT molecular complexity index is 487. The van der Waals surface area contributed by atoms with Crippen LogP contribution in [-0.4, -0.2) is 29.1 Å². The Morgan fingerprint density at radius 3 is 2.88 bits per heavy atom. The molecule has 0 aliphatic rings. The minimum Gasteiger partial charge on any atom is -0.467 e. The molecule has 2 rings (SSSR count). The molecule has 2 N–H and O–H groups in total. The summed E-state index contributed by atoms with van der Waals surface area (Å²) in [7, 11) is 3.39. The first kappa shape index (κ1) is 11.6. The number of hydrogen-bond acceptors (Lipinski definition) is 7. The molecule has 0 amide bonds. The van der Waals surface area contributed by atoms with E-state index < -0.39 is 0 Å². The lowest BCUT2D eigenvalue weighted by atomic mass is 10.4. The van der Waals surface area contributed by atoms with E-state index in [1.807, 2.05) is 23.4 Å². The van der Waals surface area contributed by atoms with Crippen LogP contribution >= 0.6 is 11.3 Å². The molecule has 0 aliphatic carbocycles. The minimum absolute atomic E-state index is 0.157. The van der Waals surface area contributed by atoms with Crippen LogP contribution in [0.5, 0.6) is 6.01 Å². The van der Waals surface area contributed by atoms with Crippen molar-refractivity contribution >= 4 is 23.2 Å². The maximum absolute atomic E-state index is 5.58. The van der Waals surface area contributed by atoms with E-state index in [4.69, 9.17) is 10.5 Å². The second-order valence-electron chi connectivity index (χ2n) is 3.42. The van der Waals surface area contributed by atoms with Gasteiger partial charge in [0, 0.05) is 11.9 Å². The molecule has 17 heavy (non-hydrogen) atoms. The molecular formula is C10H13N5OS. The van der Waals surface area contributed by atoms with Gasteiger partial charge in [0.25, 0.3) is 0 Å². The van der Waals surface area contributed by atoms with E-state index in [1.165, 1.54) is 12.0 Å². The van der Waals surface area contributed by atoms with Gasteiger partial charge in [0.1, 0.15) is 0 Å². The number of rotatable bonds is 4. The van der Waals surface area contributed by atoms with E-state index in [0.29, 0.717) is 5.95 Å². The lowest BCUT2D eigenvalue weighted by Gasteiger charge is -2.16. The molecule has 2 aromatic rings. The van der Waals surface area contributed by atoms with Crippen LogP contribution in [-0.2, 0) is 6.54 Å². The van der Waals surface area contributed by atoms with Crippen molar-refractivity contribution in [1.29, 1.82) is 0 Å². The van der Waals surface area contributed by atoms with Gasteiger partial charge in [0.15, 0.2) is 0 Å². The fraction of sp³-hybridized carbons (Fsp3) is 0.300. The topological polar surface area (TPSA) is 77.2 Å². The molecule has 2 heterocycles. The van der Waals surface area contributed by atoms with Crippen LogP contribution < -0.4 is 15.4 Å². The van der Waals surface area contributed by atoms with E-state index in [-0.39, 0.29) is 12.0 Å². The van der Waals surface area contributed by atoms with E-state index in [2.05, 4.69) is 21.0 Å². The van der Waals surface area contributed by atoms with Gasteiger partial charge in [-0.3, -0.25) is 0 Å². The number of aromatic nitrogens is 3. The average molecular weight is 251 g/mol. The zero-order valence-electron chi connectivity index (χ0n) is 9.62. The number of hydrogen-bond donors (Lipinski definition) is 1. The predicted molar refractivity (Wildman–Crippen MR) is 67.2 cm³/mol. The molecule has 0 aromatic carbocycles. The van der Waals surface area contributed by atoms with Crippen LogP contribution in [0.2, 0.25) is 0 Å². The van der Waals surface area contributed by atoms with Crippen molar-refractivity contribution in [2.45, 2.75) is 6.54 Å². The lowest BCUT2D eigenvalue weighted by molar-refractivity contribution is 0.379. The van der Waals surface area contributed by atoms with Gasteiger partial charge >= 0.3 is 6.01 Å². The predicted octanol–water partition coefficient (Wildman–Crippen LogP) is 1.16. The number of anilines is 2. The normalized spacial score (nSPS) is 10.2. The summed E-state index contributed by atoms with van der Waals surface area (Å²) < 4.78 is 4.95. The van der Waals surface area contributed by atoms with Crippen LogP contribution in [0, 0.1) is 0 Å². The smallest absolute Gasteiger partial charge is 0.322 e. The Morgan fingerprint density at radius 2 is 2.24 bits per heavy atom. The summed E-state index contributed by atoms with van der Waals surface area (Å²) in [5.41, 5.74) is 5.58. The van der Waals surface area contributed by atoms with Crippen molar-refractivity contribution in [1.82, 2.24) is 15.0 Å². The summed E-state index contributed by atoms with van der Waals surface area (Å²) in [6.45, 7) is 0.726. The summed E-state index contributed by atoms with van der Waals surface area (Å²) in [6.07, 6.45) is 0. The number of thiophene rings is 1. The summed E-state index contributed by atoms with van der Waals surface area (Å²) in [5, 5.41) is 2.03. The van der Waals surface area contributed by atoms with E-state index in [9.17, 15) is 0 Å². The molecule has 90 valence electrons. The quantitative estimate of drug-likeness (QED) is 0.878. The molecule has 0 spiro atoms. The summed E-state index contributed by atoms with van der Waals surface area (Å²) in [6, 6.07) is 4.30. The Morgan fingerprint density at radius 1 is 1.41 bits per heavy atom. The Balaban J connectivity index is 2.18. The Kier molecular flexibility index (Phi) is 3.38. The molecular weight excluding hydrogens is 238 g/mol. The van der Waals surface area contributed by atoms with Gasteiger partial charge < -0.3 is 15.4 Å². The molecule has 6 nitrogen and oxygen atoms in total. The second kappa shape index (κ2) is 4.96. The maximum atomic E-state index is 5.58. The highest BCUT2D eigenvalue weighted by Gasteiger charge is 2.10. The highest BCUT2D eigenvalue weighted by molar-refractivity contribution is 7.09. The van der Waals surface area contributed by atoms with Crippen LogP contribution in [0.1, 0.15) is 4.88 Å². The van der Waals surface area contributed by atoms with Gasteiger partial charge in [-0.15, -0.1) is 11.3 Å². The molecule has 2 aromatic heterocycles. The maximum Gasteiger partial charge on any atom is 0.322 e. The van der Waals surface area contributed by atoms with Gasteiger partial charge in [0.05, 0.1) is 13.7 Å². The lowest BCUT2D eigenvalue weighted by Crippen LogP contribution is -2.19. The number of methoxy groups -OCH3 is 1. The average Bonchev–Trinajstić information content (AvgIpc) is 2.81. The standard InChI is InChI=1S/C10H13N5OS/c1-15(6-7-4-3-5-17-7)9-12-8(11)13-10(14-9)16-2/h3-5H,6H2,1-2H3,(H2,11,12,13,14). The third-order valence-corrected chi connectivity index (χ3v) is 2.98. The molecule has 0 fully saturated rings. The Hall–Kier alpha value is -1.89. The molecule has 0 atom stereocenters. The molecule has 0 aliphatic heterocycles. The summed E-state index contributed by atoms with van der Waals surface area (Å²) in [5.74, 6) is 0.660. The summed E-state index contributed by atoms with van der Waals surface area (Å²) >= 11 is 1.68. The van der Waals surface area contributed by atoms with E-state index in [1.54, 1.807) is 11.3 Å². The van der Waals surface area contributed by atoms with Gasteiger partial charge in [-0.25, -0.2) is 0 Å². The molecule has 0 saturated heterocycles. The van der Waals surface area contributed by atoms with Crippen LogP contribution in [0.25, 0.3) is 0 Å². The van der Waals surface area contributed by atoms with Crippen molar-refractivity contribution in [3.63, 3.8) is 0 Å². The largest absolute Gasteiger partial charge is 0.467 e. The minimum atomic E-state index is 0.157. The third-order valence-electron chi connectivity index (χ3n) is 2.12. The zero-order valence-corrected chi connectivity index (χ0v) is 10.4. The number of ether oxygens (including phenoxy) is 1. The number of nitrogens with zero attached hydrogens (tertiary/aromatic N) is 4. The third kappa shape index (κ3) is 2.82. The molecule has 0 radical (unpaired) electrons. The van der Waals surface area contributed by atoms with Gasteiger partial charge in [-0.2, -0.15) is 15.0 Å². The van der Waals surface area contributed by atoms with Crippen molar-refractivity contribution in [3.05, 3.63) is 22.4 Å². The number of nitrogens with two attached hydrogens (primary N) is 1. The molecule has 0 bridgehead atoms. The molecule has 0 saturated carbocycles. The monoisotopic (exact) mass is 251 g/mol. The fourth-order valence-corrected chi connectivity index (χ4v) is 2.09. The summed E-state index contributed by atoms with van der Waals surface area (Å²) in [4.78, 5) is 15.2. The fourth-order valence-electron chi connectivity index (χ4n) is 1.33. The van der Waals surface area contributed by atoms with Crippen LogP contribution in [0.15, 0.2) is 17.5 Å². The first-order valence-electron chi connectivity index (χ1n) is 4.98. The van der Waals surface area contributed by atoms with Crippen molar-refractivity contribution in [3.8, 4) is 6.01 Å². The van der Waals surface area contributed by atoms with Crippen molar-refractivity contribution in [2.75, 3.05) is 24.8 Å². The van der Waals surface area contributed by atoms with Crippen LogP contribution in [0.4, 0.5) is 11.9 Å². The Labute approximate surface area is 103 Å². The van der Waals surface area contributed by atoms with E-state index in [0.717, 1.165) is 6.54 Å². The highest BCUT2D eigenvalue weighted by Crippen LogP contribution is 2.16. The van der Waals surface area contributed by atoms with Crippen LogP contribution in [0.3, 0.4) is 0 Å². The van der Waals surface area contributed by atoms with Gasteiger partial charge in [0.2, 0.25) is 11.9 Å². The number of nitrogen functional groups attached to an aromatic ring is 1. The first-order valence-corrected chi connectivity index (χ1v) is 5.86. The SMILES string of the molecule is COc1nc(N)nc(N(C)Cc2cccs2)n1. The van der Waals surface area contributed by atoms with Gasteiger partial charge in [-0.1, -0.05) is 6.07 Å². The molecule has 0 unspecified atom stereocenters. The molecule has 7 heteroatoms. The first-order chi connectivity index (χ1) is 8.19. The zero-order chi connectivity index (χ0) is 12.3. The van der Waals surface area contributed by atoms with E-state index >= 15 is 0 Å². The van der Waals surface area contributed by atoms with Crippen molar-refractivity contribution < 1.29 is 4.74 Å².